The number of aliphatic carboxylic acids is 1. The Morgan fingerprint density at radius 1 is 1.14 bits per heavy atom. The molecule has 0 radical (unpaired) electrons. The van der Waals surface area contributed by atoms with E-state index in [0.29, 0.717) is 5.92 Å². The number of carboxylic acids is 1. The number of rotatable bonds is 3. The SMILES string of the molecule is CC1CCN(C(=O)NC(C(=O)O)C2CCCCC2)C(C)C1. The highest BCUT2D eigenvalue weighted by Crippen LogP contribution is 2.27. The van der Waals surface area contributed by atoms with Gasteiger partial charge in [-0.2, -0.15) is 0 Å². The van der Waals surface area contributed by atoms with Gasteiger partial charge in [0.15, 0.2) is 0 Å². The van der Waals surface area contributed by atoms with E-state index in [4.69, 9.17) is 0 Å². The van der Waals surface area contributed by atoms with Crippen LogP contribution in [0.3, 0.4) is 0 Å². The van der Waals surface area contributed by atoms with Crippen molar-refractivity contribution in [2.24, 2.45) is 11.8 Å². The molecule has 0 aromatic rings. The number of amides is 2. The zero-order valence-corrected chi connectivity index (χ0v) is 13.2. The summed E-state index contributed by atoms with van der Waals surface area (Å²) in [5, 5.41) is 12.2. The summed E-state index contributed by atoms with van der Waals surface area (Å²) in [6.07, 6.45) is 7.13. The number of carbonyl (C=O) groups excluding carboxylic acids is 1. The molecule has 2 fully saturated rings. The van der Waals surface area contributed by atoms with E-state index in [-0.39, 0.29) is 18.0 Å². The first kappa shape index (κ1) is 16.1. The number of hydrogen-bond donors (Lipinski definition) is 2. The monoisotopic (exact) mass is 296 g/mol. The van der Waals surface area contributed by atoms with Crippen molar-refractivity contribution in [3.05, 3.63) is 0 Å². The van der Waals surface area contributed by atoms with Crippen LogP contribution in [-0.2, 0) is 4.79 Å². The Bertz CT molecular complexity index is 380. The van der Waals surface area contributed by atoms with Crippen molar-refractivity contribution in [1.82, 2.24) is 10.2 Å². The third-order valence-corrected chi connectivity index (χ3v) is 5.07. The molecule has 120 valence electrons. The molecule has 1 aliphatic carbocycles. The van der Waals surface area contributed by atoms with Gasteiger partial charge < -0.3 is 15.3 Å². The summed E-state index contributed by atoms with van der Waals surface area (Å²) in [6.45, 7) is 4.98. The van der Waals surface area contributed by atoms with E-state index in [1.807, 2.05) is 6.92 Å². The third-order valence-electron chi connectivity index (χ3n) is 5.07. The smallest absolute Gasteiger partial charge is 0.326 e. The van der Waals surface area contributed by atoms with Crippen molar-refractivity contribution in [3.8, 4) is 0 Å². The van der Waals surface area contributed by atoms with Gasteiger partial charge in [0.1, 0.15) is 6.04 Å². The van der Waals surface area contributed by atoms with E-state index in [0.717, 1.165) is 45.1 Å². The molecule has 2 N–H and O–H groups in total. The molecule has 5 nitrogen and oxygen atoms in total. The maximum absolute atomic E-state index is 12.4. The number of urea groups is 1. The largest absolute Gasteiger partial charge is 0.480 e. The van der Waals surface area contributed by atoms with Crippen LogP contribution in [0, 0.1) is 11.8 Å². The average molecular weight is 296 g/mol. The van der Waals surface area contributed by atoms with Gasteiger partial charge >= 0.3 is 12.0 Å². The number of carbonyl (C=O) groups is 2. The van der Waals surface area contributed by atoms with Crippen LogP contribution in [0.1, 0.15) is 58.8 Å². The Balaban J connectivity index is 1.96. The molecular weight excluding hydrogens is 268 g/mol. The number of likely N-dealkylation sites (tertiary alicyclic amines) is 1. The summed E-state index contributed by atoms with van der Waals surface area (Å²) in [6, 6.07) is -0.744. The van der Waals surface area contributed by atoms with E-state index in [9.17, 15) is 14.7 Å². The van der Waals surface area contributed by atoms with Crippen LogP contribution in [0.4, 0.5) is 4.79 Å². The summed E-state index contributed by atoms with van der Waals surface area (Å²) in [5.74, 6) is -0.176. The van der Waals surface area contributed by atoms with E-state index >= 15 is 0 Å². The van der Waals surface area contributed by atoms with E-state index in [1.165, 1.54) is 6.42 Å². The standard InChI is InChI=1S/C16H28N2O3/c1-11-8-9-18(12(2)10-11)16(21)17-14(15(19)20)13-6-4-3-5-7-13/h11-14H,3-10H2,1-2H3,(H,17,21)(H,19,20). The highest BCUT2D eigenvalue weighted by molar-refractivity contribution is 5.83. The predicted octanol–water partition coefficient (Wildman–Crippen LogP) is 2.85. The van der Waals surface area contributed by atoms with Crippen LogP contribution in [0.5, 0.6) is 0 Å². The molecule has 5 heteroatoms. The first-order chi connectivity index (χ1) is 9.99. The highest BCUT2D eigenvalue weighted by atomic mass is 16.4. The molecule has 1 saturated heterocycles. The maximum Gasteiger partial charge on any atom is 0.326 e. The normalized spacial score (nSPS) is 29.0. The lowest BCUT2D eigenvalue weighted by Crippen LogP contribution is -2.55. The lowest BCUT2D eigenvalue weighted by atomic mass is 9.84. The van der Waals surface area contributed by atoms with Crippen LogP contribution in [0.25, 0.3) is 0 Å². The van der Waals surface area contributed by atoms with Gasteiger partial charge in [-0.15, -0.1) is 0 Å². The fourth-order valence-corrected chi connectivity index (χ4v) is 3.77. The minimum atomic E-state index is -0.895. The lowest BCUT2D eigenvalue weighted by Gasteiger charge is -2.38. The van der Waals surface area contributed by atoms with Crippen LogP contribution in [-0.4, -0.2) is 40.6 Å². The molecule has 0 bridgehead atoms. The molecule has 3 unspecified atom stereocenters. The summed E-state index contributed by atoms with van der Waals surface area (Å²) < 4.78 is 0. The predicted molar refractivity (Wildman–Crippen MR) is 81.1 cm³/mol. The summed E-state index contributed by atoms with van der Waals surface area (Å²) >= 11 is 0. The van der Waals surface area contributed by atoms with Gasteiger partial charge in [-0.25, -0.2) is 9.59 Å². The van der Waals surface area contributed by atoms with E-state index in [1.54, 1.807) is 4.90 Å². The van der Waals surface area contributed by atoms with E-state index in [2.05, 4.69) is 12.2 Å². The van der Waals surface area contributed by atoms with Gasteiger partial charge in [-0.05, 0) is 44.4 Å². The zero-order valence-electron chi connectivity index (χ0n) is 13.2. The highest BCUT2D eigenvalue weighted by Gasteiger charge is 2.34. The lowest BCUT2D eigenvalue weighted by molar-refractivity contribution is -0.141. The van der Waals surface area contributed by atoms with Crippen LogP contribution >= 0.6 is 0 Å². The van der Waals surface area contributed by atoms with Crippen LogP contribution in [0.2, 0.25) is 0 Å². The van der Waals surface area contributed by atoms with E-state index < -0.39 is 12.0 Å². The minimum Gasteiger partial charge on any atom is -0.480 e. The van der Waals surface area contributed by atoms with Gasteiger partial charge in [0, 0.05) is 12.6 Å². The quantitative estimate of drug-likeness (QED) is 0.841. The number of carboxylic acid groups (broad SMARTS) is 1. The summed E-state index contributed by atoms with van der Waals surface area (Å²) in [4.78, 5) is 25.7. The number of hydrogen-bond acceptors (Lipinski definition) is 2. The maximum atomic E-state index is 12.4. The van der Waals surface area contributed by atoms with Gasteiger partial charge in [0.05, 0.1) is 0 Å². The van der Waals surface area contributed by atoms with Crippen LogP contribution < -0.4 is 5.32 Å². The molecule has 21 heavy (non-hydrogen) atoms. The van der Waals surface area contributed by atoms with Gasteiger partial charge in [-0.1, -0.05) is 26.2 Å². The molecule has 3 atom stereocenters. The summed E-state index contributed by atoms with van der Waals surface area (Å²) in [7, 11) is 0. The zero-order chi connectivity index (χ0) is 15.4. The molecule has 1 heterocycles. The Hall–Kier alpha value is -1.26. The fraction of sp³-hybridized carbons (Fsp3) is 0.875. The van der Waals surface area contributed by atoms with Crippen molar-refractivity contribution in [3.63, 3.8) is 0 Å². The Labute approximate surface area is 127 Å². The van der Waals surface area contributed by atoms with Crippen molar-refractivity contribution in [1.29, 1.82) is 0 Å². The third kappa shape index (κ3) is 4.11. The topological polar surface area (TPSA) is 69.6 Å². The van der Waals surface area contributed by atoms with Gasteiger partial charge in [0.2, 0.25) is 0 Å². The fourth-order valence-electron chi connectivity index (χ4n) is 3.77. The minimum absolute atomic E-state index is 0.0826. The molecule has 2 aliphatic rings. The second-order valence-electron chi connectivity index (χ2n) is 6.84. The van der Waals surface area contributed by atoms with Crippen molar-refractivity contribution in [2.45, 2.75) is 70.9 Å². The summed E-state index contributed by atoms with van der Waals surface area (Å²) in [5.41, 5.74) is 0. The molecular formula is C16H28N2O3. The Morgan fingerprint density at radius 3 is 2.38 bits per heavy atom. The van der Waals surface area contributed by atoms with Gasteiger partial charge in [-0.3, -0.25) is 0 Å². The number of piperidine rings is 1. The van der Waals surface area contributed by atoms with Gasteiger partial charge in [0.25, 0.3) is 0 Å². The van der Waals surface area contributed by atoms with Crippen LogP contribution in [0.15, 0.2) is 0 Å². The molecule has 2 amide bonds. The first-order valence-electron chi connectivity index (χ1n) is 8.29. The molecule has 0 aromatic carbocycles. The van der Waals surface area contributed by atoms with Crippen molar-refractivity contribution in [2.75, 3.05) is 6.54 Å². The number of nitrogens with one attached hydrogen (secondary N) is 1. The second-order valence-corrected chi connectivity index (χ2v) is 6.84. The molecule has 2 rings (SSSR count). The molecule has 1 aliphatic heterocycles. The van der Waals surface area contributed by atoms with Crippen molar-refractivity contribution >= 4 is 12.0 Å². The average Bonchev–Trinajstić information content (AvgIpc) is 2.45. The van der Waals surface area contributed by atoms with Crippen molar-refractivity contribution < 1.29 is 14.7 Å². The Kier molecular flexibility index (Phi) is 5.48. The molecule has 0 aromatic heterocycles. The second kappa shape index (κ2) is 7.14. The molecule has 0 spiro atoms. The first-order valence-corrected chi connectivity index (χ1v) is 8.29. The molecule has 1 saturated carbocycles. The number of nitrogens with zero attached hydrogens (tertiary/aromatic N) is 1. The Morgan fingerprint density at radius 2 is 1.81 bits per heavy atom.